The zero-order valence-corrected chi connectivity index (χ0v) is 12.6. The summed E-state index contributed by atoms with van der Waals surface area (Å²) in [6.07, 6.45) is 8.54. The van der Waals surface area contributed by atoms with Gasteiger partial charge in [0, 0.05) is 6.42 Å². The number of carboxylic acids is 1. The third-order valence-corrected chi connectivity index (χ3v) is 3.26. The van der Waals surface area contributed by atoms with Gasteiger partial charge < -0.3 is 10.4 Å². The molecule has 114 valence electrons. The van der Waals surface area contributed by atoms with Crippen molar-refractivity contribution < 1.29 is 14.7 Å². The van der Waals surface area contributed by atoms with Crippen LogP contribution in [0.2, 0.25) is 0 Å². The molecule has 0 rings (SSSR count). The van der Waals surface area contributed by atoms with E-state index >= 15 is 0 Å². The van der Waals surface area contributed by atoms with E-state index in [1.54, 1.807) is 13.8 Å². The van der Waals surface area contributed by atoms with E-state index in [2.05, 4.69) is 12.2 Å². The molecule has 0 heterocycles. The van der Waals surface area contributed by atoms with Crippen molar-refractivity contribution in [3.05, 3.63) is 0 Å². The Bertz CT molecular complexity index is 270. The van der Waals surface area contributed by atoms with Gasteiger partial charge in [0.15, 0.2) is 0 Å². The Morgan fingerprint density at radius 1 is 1.00 bits per heavy atom. The van der Waals surface area contributed by atoms with Crippen LogP contribution < -0.4 is 5.32 Å². The normalized spacial score (nSPS) is 11.8. The standard InChI is InChI=1S/C15H29NO3.Na.H/c1-4-5-6-7-8-9-10-11-13(17)16-14(12(2)3)15(18)19;;/h12,14H,4-11H2,1-3H3,(H,16,17)(H,18,19);;/t14-;;/m0../s1. The Labute approximate surface area is 145 Å². The molecule has 4 nitrogen and oxygen atoms in total. The van der Waals surface area contributed by atoms with E-state index in [9.17, 15) is 9.59 Å². The zero-order chi connectivity index (χ0) is 14.7. The van der Waals surface area contributed by atoms with Crippen molar-refractivity contribution in [2.45, 2.75) is 78.2 Å². The van der Waals surface area contributed by atoms with Crippen LogP contribution in [0.3, 0.4) is 0 Å². The summed E-state index contributed by atoms with van der Waals surface area (Å²) in [5.74, 6) is -1.19. The quantitative estimate of drug-likeness (QED) is 0.455. The molecular weight excluding hydrogens is 265 g/mol. The first-order chi connectivity index (χ1) is 8.99. The molecule has 0 aliphatic heterocycles. The average Bonchev–Trinajstić information content (AvgIpc) is 2.34. The molecule has 0 saturated carbocycles. The molecule has 1 amide bonds. The maximum absolute atomic E-state index is 11.6. The fourth-order valence-corrected chi connectivity index (χ4v) is 2.00. The van der Waals surface area contributed by atoms with Crippen LogP contribution in [0, 0.1) is 5.92 Å². The molecule has 0 bridgehead atoms. The molecule has 0 aromatic carbocycles. The molecule has 0 unspecified atom stereocenters. The number of carbonyl (C=O) groups excluding carboxylic acids is 1. The number of nitrogens with one attached hydrogen (secondary N) is 1. The predicted octanol–water partition coefficient (Wildman–Crippen LogP) is 2.70. The summed E-state index contributed by atoms with van der Waals surface area (Å²) >= 11 is 0. The van der Waals surface area contributed by atoms with E-state index in [1.807, 2.05) is 0 Å². The fraction of sp³-hybridized carbons (Fsp3) is 0.867. The molecule has 0 saturated heterocycles. The molecule has 5 heteroatoms. The second-order valence-electron chi connectivity index (χ2n) is 5.50. The molecule has 1 atom stereocenters. The van der Waals surface area contributed by atoms with Crippen LogP contribution in [-0.4, -0.2) is 52.6 Å². The monoisotopic (exact) mass is 295 g/mol. The van der Waals surface area contributed by atoms with Crippen LogP contribution in [0.1, 0.15) is 72.1 Å². The molecule has 0 aliphatic carbocycles. The number of hydrogen-bond donors (Lipinski definition) is 2. The Balaban J connectivity index is 0. The van der Waals surface area contributed by atoms with Gasteiger partial charge in [-0.3, -0.25) is 4.79 Å². The van der Waals surface area contributed by atoms with Gasteiger partial charge in [-0.1, -0.05) is 59.3 Å². The van der Waals surface area contributed by atoms with Gasteiger partial charge in [0.05, 0.1) is 0 Å². The van der Waals surface area contributed by atoms with Gasteiger partial charge in [0.1, 0.15) is 6.04 Å². The van der Waals surface area contributed by atoms with E-state index in [0.29, 0.717) is 6.42 Å². The first-order valence-electron chi connectivity index (χ1n) is 7.51. The summed E-state index contributed by atoms with van der Waals surface area (Å²) in [5.41, 5.74) is 0. The molecule has 0 aromatic rings. The van der Waals surface area contributed by atoms with Crippen LogP contribution >= 0.6 is 0 Å². The van der Waals surface area contributed by atoms with Gasteiger partial charge in [-0.2, -0.15) is 0 Å². The first kappa shape index (κ1) is 22.2. The SMILES string of the molecule is CCCCCCCCCC(=O)N[C@H](C(=O)O)C(C)C.[NaH]. The summed E-state index contributed by atoms with van der Waals surface area (Å²) in [6.45, 7) is 5.79. The molecule has 0 radical (unpaired) electrons. The number of amides is 1. The van der Waals surface area contributed by atoms with Crippen molar-refractivity contribution in [2.75, 3.05) is 0 Å². The van der Waals surface area contributed by atoms with Crippen molar-refractivity contribution in [1.82, 2.24) is 5.32 Å². The van der Waals surface area contributed by atoms with Gasteiger partial charge in [-0.05, 0) is 12.3 Å². The minimum atomic E-state index is -0.956. The molecule has 20 heavy (non-hydrogen) atoms. The Kier molecular flexibility index (Phi) is 15.4. The number of carboxylic acid groups (broad SMARTS) is 1. The number of hydrogen-bond acceptors (Lipinski definition) is 2. The van der Waals surface area contributed by atoms with Crippen LogP contribution in [-0.2, 0) is 9.59 Å². The third kappa shape index (κ3) is 11.7. The second-order valence-corrected chi connectivity index (χ2v) is 5.50. The van der Waals surface area contributed by atoms with E-state index in [0.717, 1.165) is 12.8 Å². The topological polar surface area (TPSA) is 66.4 Å². The molecular formula is C15H30NNaO3. The molecule has 0 fully saturated rings. The minimum absolute atomic E-state index is 0. The van der Waals surface area contributed by atoms with Crippen LogP contribution in [0.25, 0.3) is 0 Å². The molecule has 0 spiro atoms. The maximum atomic E-state index is 11.6. The second kappa shape index (κ2) is 13.9. The third-order valence-electron chi connectivity index (χ3n) is 3.26. The number of aliphatic carboxylic acids is 1. The summed E-state index contributed by atoms with van der Waals surface area (Å²) in [7, 11) is 0. The van der Waals surface area contributed by atoms with Gasteiger partial charge in [0.25, 0.3) is 0 Å². The van der Waals surface area contributed by atoms with Crippen molar-refractivity contribution in [3.63, 3.8) is 0 Å². The molecule has 0 aromatic heterocycles. The predicted molar refractivity (Wildman–Crippen MR) is 84.2 cm³/mol. The first-order valence-corrected chi connectivity index (χ1v) is 7.51. The summed E-state index contributed by atoms with van der Waals surface area (Å²) in [6, 6.07) is -0.767. The summed E-state index contributed by atoms with van der Waals surface area (Å²) < 4.78 is 0. The van der Waals surface area contributed by atoms with Crippen LogP contribution in [0.4, 0.5) is 0 Å². The number of unbranched alkanes of at least 4 members (excludes halogenated alkanes) is 6. The van der Waals surface area contributed by atoms with Crippen LogP contribution in [0.15, 0.2) is 0 Å². The molecule has 0 aliphatic rings. The van der Waals surface area contributed by atoms with Gasteiger partial charge in [-0.15, -0.1) is 0 Å². The van der Waals surface area contributed by atoms with Crippen LogP contribution in [0.5, 0.6) is 0 Å². The van der Waals surface area contributed by atoms with Crippen molar-refractivity contribution >= 4 is 41.4 Å². The van der Waals surface area contributed by atoms with E-state index < -0.39 is 12.0 Å². The van der Waals surface area contributed by atoms with Crippen molar-refractivity contribution in [1.29, 1.82) is 0 Å². The Morgan fingerprint density at radius 3 is 1.95 bits per heavy atom. The Hall–Kier alpha value is -0.0600. The average molecular weight is 295 g/mol. The van der Waals surface area contributed by atoms with Gasteiger partial charge >= 0.3 is 35.5 Å². The zero-order valence-electron chi connectivity index (χ0n) is 12.6. The van der Waals surface area contributed by atoms with E-state index in [4.69, 9.17) is 5.11 Å². The van der Waals surface area contributed by atoms with Gasteiger partial charge in [-0.25, -0.2) is 4.79 Å². The van der Waals surface area contributed by atoms with E-state index in [-0.39, 0.29) is 41.4 Å². The van der Waals surface area contributed by atoms with Crippen molar-refractivity contribution in [2.24, 2.45) is 5.92 Å². The fourth-order valence-electron chi connectivity index (χ4n) is 2.00. The number of carbonyl (C=O) groups is 2. The number of rotatable bonds is 11. The molecule has 2 N–H and O–H groups in total. The summed E-state index contributed by atoms with van der Waals surface area (Å²) in [4.78, 5) is 22.6. The van der Waals surface area contributed by atoms with E-state index in [1.165, 1.54) is 32.1 Å². The Morgan fingerprint density at radius 2 is 1.50 bits per heavy atom. The van der Waals surface area contributed by atoms with Gasteiger partial charge in [0.2, 0.25) is 5.91 Å². The van der Waals surface area contributed by atoms with Crippen molar-refractivity contribution in [3.8, 4) is 0 Å². The summed E-state index contributed by atoms with van der Waals surface area (Å²) in [5, 5.41) is 11.6.